The van der Waals surface area contributed by atoms with Gasteiger partial charge in [0, 0.05) is 41.7 Å². The van der Waals surface area contributed by atoms with Crippen molar-refractivity contribution in [3.05, 3.63) is 86.2 Å². The normalized spacial score (nSPS) is 11.7. The summed E-state index contributed by atoms with van der Waals surface area (Å²) in [5.41, 5.74) is 8.31. The Balaban J connectivity index is 1.67. The second kappa shape index (κ2) is 10.0. The van der Waals surface area contributed by atoms with Gasteiger partial charge in [-0.05, 0) is 68.7 Å². The van der Waals surface area contributed by atoms with E-state index in [1.165, 1.54) is 16.7 Å². The molecule has 0 atom stereocenters. The van der Waals surface area contributed by atoms with Crippen LogP contribution in [0.15, 0.2) is 52.4 Å². The molecule has 0 aliphatic rings. The summed E-state index contributed by atoms with van der Waals surface area (Å²) in [4.78, 5) is 13.9. The highest BCUT2D eigenvalue weighted by atomic mass is 35.5. The van der Waals surface area contributed by atoms with Gasteiger partial charge in [0.2, 0.25) is 0 Å². The molecule has 0 N–H and O–H groups in total. The van der Waals surface area contributed by atoms with Crippen LogP contribution in [0.1, 0.15) is 33.6 Å². The van der Waals surface area contributed by atoms with Crippen LogP contribution < -0.4 is 0 Å². The van der Waals surface area contributed by atoms with Crippen LogP contribution in [-0.4, -0.2) is 17.4 Å². The molecule has 154 valence electrons. The van der Waals surface area contributed by atoms with Crippen LogP contribution in [0.2, 0.25) is 10.0 Å². The third-order valence-electron chi connectivity index (χ3n) is 4.76. The molecule has 3 rings (SSSR count). The van der Waals surface area contributed by atoms with Crippen LogP contribution >= 0.6 is 23.2 Å². The van der Waals surface area contributed by atoms with Gasteiger partial charge in [-0.15, -0.1) is 0 Å². The van der Waals surface area contributed by atoms with E-state index < -0.39 is 0 Å². The lowest BCUT2D eigenvalue weighted by Crippen LogP contribution is -1.97. The van der Waals surface area contributed by atoms with Gasteiger partial charge in [0.25, 0.3) is 0 Å². The van der Waals surface area contributed by atoms with Crippen LogP contribution in [0.25, 0.3) is 0 Å². The highest BCUT2D eigenvalue weighted by Gasteiger charge is 2.05. The monoisotopic (exact) mass is 437 g/mol. The molecule has 30 heavy (non-hydrogen) atoms. The molecule has 0 fully saturated rings. The Morgan fingerprint density at radius 3 is 1.87 bits per heavy atom. The van der Waals surface area contributed by atoms with Gasteiger partial charge in [-0.3, -0.25) is 15.0 Å². The van der Waals surface area contributed by atoms with Crippen molar-refractivity contribution in [3.63, 3.8) is 0 Å². The number of benzene rings is 2. The van der Waals surface area contributed by atoms with E-state index in [-0.39, 0.29) is 0 Å². The smallest absolute Gasteiger partial charge is 0.0842 e. The van der Waals surface area contributed by atoms with Crippen molar-refractivity contribution in [2.24, 2.45) is 9.98 Å². The summed E-state index contributed by atoms with van der Waals surface area (Å²) in [7, 11) is 0. The molecule has 0 saturated heterocycles. The fraction of sp³-hybridized carbons (Fsp3) is 0.240. The number of nitrogens with zero attached hydrogens (tertiary/aromatic N) is 3. The zero-order valence-corrected chi connectivity index (χ0v) is 19.2. The summed E-state index contributed by atoms with van der Waals surface area (Å²) in [6.07, 6.45) is 5.07. The van der Waals surface area contributed by atoms with E-state index in [0.717, 1.165) is 28.3 Å². The molecule has 0 spiro atoms. The molecular formula is C25H25Cl2N3. The summed E-state index contributed by atoms with van der Waals surface area (Å²) in [6, 6.07) is 13.9. The maximum absolute atomic E-state index is 6.25. The summed E-state index contributed by atoms with van der Waals surface area (Å²) in [5, 5.41) is 1.17. The molecule has 1 aromatic heterocycles. The number of halogens is 2. The van der Waals surface area contributed by atoms with E-state index in [0.29, 0.717) is 22.9 Å². The third kappa shape index (κ3) is 5.78. The van der Waals surface area contributed by atoms with E-state index in [2.05, 4.69) is 42.9 Å². The topological polar surface area (TPSA) is 37.6 Å². The molecule has 0 aliphatic heterocycles. The molecule has 0 bridgehead atoms. The number of rotatable bonds is 6. The number of hydrogen-bond acceptors (Lipinski definition) is 3. The average Bonchev–Trinajstić information content (AvgIpc) is 2.66. The van der Waals surface area contributed by atoms with Gasteiger partial charge >= 0.3 is 0 Å². The van der Waals surface area contributed by atoms with E-state index in [1.54, 1.807) is 6.07 Å². The summed E-state index contributed by atoms with van der Waals surface area (Å²) in [6.45, 7) is 8.24. The van der Waals surface area contributed by atoms with E-state index in [4.69, 9.17) is 28.2 Å². The van der Waals surface area contributed by atoms with Crippen molar-refractivity contribution in [2.45, 2.75) is 40.5 Å². The largest absolute Gasteiger partial charge is 0.260 e. The lowest BCUT2D eigenvalue weighted by atomic mass is 10.1. The fourth-order valence-electron chi connectivity index (χ4n) is 3.45. The molecule has 0 saturated carbocycles. The summed E-state index contributed by atoms with van der Waals surface area (Å²) < 4.78 is 0. The lowest BCUT2D eigenvalue weighted by molar-refractivity contribution is 1.06. The third-order valence-corrected chi connectivity index (χ3v) is 5.27. The number of aromatic nitrogens is 1. The molecule has 3 nitrogen and oxygen atoms in total. The van der Waals surface area contributed by atoms with Crippen LogP contribution in [0.5, 0.6) is 0 Å². The Labute approximate surface area is 188 Å². The minimum atomic E-state index is 0.552. The molecule has 1 heterocycles. The van der Waals surface area contributed by atoms with Crippen molar-refractivity contribution < 1.29 is 0 Å². The zero-order chi connectivity index (χ0) is 21.7. The Bertz CT molecular complexity index is 986. The first-order valence-corrected chi connectivity index (χ1v) is 10.6. The highest BCUT2D eigenvalue weighted by molar-refractivity contribution is 6.36. The van der Waals surface area contributed by atoms with Gasteiger partial charge in [-0.1, -0.05) is 47.0 Å². The van der Waals surface area contributed by atoms with Crippen LogP contribution in [-0.2, 0) is 12.8 Å². The average molecular weight is 438 g/mol. The zero-order valence-electron chi connectivity index (χ0n) is 17.7. The SMILES string of the molecule is Cc1cc(C)c(N=CCc2cccc(CC=Nc3c(C)cc(Cl)cc3Cl)n2)c(C)c1. The van der Waals surface area contributed by atoms with E-state index in [9.17, 15) is 0 Å². The minimum absolute atomic E-state index is 0.552. The van der Waals surface area contributed by atoms with Gasteiger partial charge in [-0.2, -0.15) is 0 Å². The molecule has 2 aromatic carbocycles. The van der Waals surface area contributed by atoms with E-state index >= 15 is 0 Å². The van der Waals surface area contributed by atoms with Gasteiger partial charge in [0.15, 0.2) is 0 Å². The van der Waals surface area contributed by atoms with Crippen molar-refractivity contribution >= 4 is 47.0 Å². The van der Waals surface area contributed by atoms with Crippen molar-refractivity contribution in [1.29, 1.82) is 0 Å². The number of aryl methyl sites for hydroxylation is 4. The molecule has 3 aromatic rings. The summed E-state index contributed by atoms with van der Waals surface area (Å²) in [5.74, 6) is 0. The molecular weight excluding hydrogens is 413 g/mol. The quantitative estimate of drug-likeness (QED) is 0.367. The number of hydrogen-bond donors (Lipinski definition) is 0. The molecule has 0 radical (unpaired) electrons. The second-order valence-electron chi connectivity index (χ2n) is 7.45. The Kier molecular flexibility index (Phi) is 7.41. The minimum Gasteiger partial charge on any atom is -0.260 e. The van der Waals surface area contributed by atoms with Crippen LogP contribution in [0, 0.1) is 27.7 Å². The van der Waals surface area contributed by atoms with Crippen LogP contribution in [0.4, 0.5) is 11.4 Å². The van der Waals surface area contributed by atoms with Crippen molar-refractivity contribution in [1.82, 2.24) is 4.98 Å². The number of aliphatic imine (C=N–C) groups is 2. The van der Waals surface area contributed by atoms with Crippen molar-refractivity contribution in [3.8, 4) is 0 Å². The highest BCUT2D eigenvalue weighted by Crippen LogP contribution is 2.31. The Hall–Kier alpha value is -2.49. The summed E-state index contributed by atoms with van der Waals surface area (Å²) >= 11 is 12.3. The maximum atomic E-state index is 6.25. The Morgan fingerprint density at radius 2 is 1.30 bits per heavy atom. The van der Waals surface area contributed by atoms with Crippen LogP contribution in [0.3, 0.4) is 0 Å². The molecule has 0 aliphatic carbocycles. The van der Waals surface area contributed by atoms with Gasteiger partial charge in [0.05, 0.1) is 16.4 Å². The standard InChI is InChI=1S/C25H25Cl2N3/c1-16-12-17(2)24(18(3)13-16)28-10-8-21-6-5-7-22(30-21)9-11-29-25-19(4)14-20(26)15-23(25)27/h5-7,10-15H,8-9H2,1-4H3. The van der Waals surface area contributed by atoms with Gasteiger partial charge < -0.3 is 0 Å². The predicted octanol–water partition coefficient (Wildman–Crippen LogP) is 7.51. The predicted molar refractivity (Wildman–Crippen MR) is 130 cm³/mol. The maximum Gasteiger partial charge on any atom is 0.0842 e. The first-order valence-electron chi connectivity index (χ1n) is 9.87. The molecule has 0 amide bonds. The first kappa shape index (κ1) is 22.2. The molecule has 5 heteroatoms. The Morgan fingerprint density at radius 1 is 0.767 bits per heavy atom. The first-order chi connectivity index (χ1) is 14.3. The molecule has 0 unspecified atom stereocenters. The fourth-order valence-corrected chi connectivity index (χ4v) is 4.10. The lowest BCUT2D eigenvalue weighted by Gasteiger charge is -2.06. The van der Waals surface area contributed by atoms with Gasteiger partial charge in [0.1, 0.15) is 0 Å². The number of pyridine rings is 1. The van der Waals surface area contributed by atoms with E-state index in [1.807, 2.05) is 43.6 Å². The van der Waals surface area contributed by atoms with Gasteiger partial charge in [-0.25, -0.2) is 0 Å². The van der Waals surface area contributed by atoms with Crippen molar-refractivity contribution in [2.75, 3.05) is 0 Å². The second-order valence-corrected chi connectivity index (χ2v) is 8.30.